The molecule has 0 amide bonds. The normalized spacial score (nSPS) is 10.4. The first kappa shape index (κ1) is 9.39. The fraction of sp³-hybridized carbons (Fsp3) is 0.100. The van der Waals surface area contributed by atoms with Crippen molar-refractivity contribution >= 4 is 34.1 Å². The SMILES string of the molecule is Cn1c(C#N)cc2c(Cl)cc(Cl)cc21. The van der Waals surface area contributed by atoms with E-state index in [0.717, 1.165) is 10.9 Å². The van der Waals surface area contributed by atoms with Crippen molar-refractivity contribution in [2.24, 2.45) is 7.05 Å². The van der Waals surface area contributed by atoms with Crippen LogP contribution in [-0.2, 0) is 7.05 Å². The lowest BCUT2D eigenvalue weighted by Crippen LogP contribution is -1.90. The standard InChI is InChI=1S/C10H6Cl2N2/c1-14-7(5-13)4-8-9(12)2-6(11)3-10(8)14/h2-4H,1H3. The fourth-order valence-corrected chi connectivity index (χ4v) is 2.00. The molecule has 0 radical (unpaired) electrons. The number of hydrogen-bond donors (Lipinski definition) is 0. The summed E-state index contributed by atoms with van der Waals surface area (Å²) in [5.74, 6) is 0. The number of halogens is 2. The molecule has 70 valence electrons. The van der Waals surface area contributed by atoms with Gasteiger partial charge in [0.05, 0.1) is 10.5 Å². The van der Waals surface area contributed by atoms with Gasteiger partial charge in [-0.25, -0.2) is 0 Å². The van der Waals surface area contributed by atoms with Crippen LogP contribution in [0, 0.1) is 11.3 Å². The molecule has 0 N–H and O–H groups in total. The Balaban J connectivity index is 2.94. The maximum Gasteiger partial charge on any atom is 0.121 e. The molecule has 14 heavy (non-hydrogen) atoms. The molecule has 1 heterocycles. The van der Waals surface area contributed by atoms with Crippen LogP contribution in [0.3, 0.4) is 0 Å². The Morgan fingerprint density at radius 2 is 2.00 bits per heavy atom. The minimum atomic E-state index is 0.573. The second kappa shape index (κ2) is 3.20. The van der Waals surface area contributed by atoms with Crippen LogP contribution >= 0.6 is 23.2 Å². The van der Waals surface area contributed by atoms with E-state index in [1.54, 1.807) is 22.8 Å². The number of nitriles is 1. The zero-order chi connectivity index (χ0) is 10.3. The van der Waals surface area contributed by atoms with Gasteiger partial charge in [0.25, 0.3) is 0 Å². The number of benzene rings is 1. The molecule has 0 atom stereocenters. The number of fused-ring (bicyclic) bond motifs is 1. The van der Waals surface area contributed by atoms with E-state index in [-0.39, 0.29) is 0 Å². The average Bonchev–Trinajstić information content (AvgIpc) is 2.44. The van der Waals surface area contributed by atoms with Gasteiger partial charge in [0, 0.05) is 17.5 Å². The second-order valence-electron chi connectivity index (χ2n) is 3.02. The second-order valence-corrected chi connectivity index (χ2v) is 3.86. The third-order valence-electron chi connectivity index (χ3n) is 2.19. The van der Waals surface area contributed by atoms with Gasteiger partial charge in [-0.05, 0) is 18.2 Å². The van der Waals surface area contributed by atoms with Crippen molar-refractivity contribution in [3.63, 3.8) is 0 Å². The minimum Gasteiger partial charge on any atom is -0.335 e. The lowest BCUT2D eigenvalue weighted by atomic mass is 10.2. The van der Waals surface area contributed by atoms with Gasteiger partial charge in [-0.1, -0.05) is 23.2 Å². The number of aryl methyl sites for hydroxylation is 1. The van der Waals surface area contributed by atoms with Gasteiger partial charge in [-0.2, -0.15) is 5.26 Å². The van der Waals surface area contributed by atoms with Crippen LogP contribution in [-0.4, -0.2) is 4.57 Å². The third-order valence-corrected chi connectivity index (χ3v) is 2.72. The first-order chi connectivity index (χ1) is 6.63. The molecule has 0 saturated carbocycles. The Hall–Kier alpha value is -1.17. The summed E-state index contributed by atoms with van der Waals surface area (Å²) < 4.78 is 1.77. The van der Waals surface area contributed by atoms with Gasteiger partial charge in [0.1, 0.15) is 11.8 Å². The molecule has 0 unspecified atom stereocenters. The summed E-state index contributed by atoms with van der Waals surface area (Å²) in [5, 5.41) is 10.8. The molecule has 0 aliphatic carbocycles. The molecule has 1 aromatic carbocycles. The lowest BCUT2D eigenvalue weighted by Gasteiger charge is -1.99. The number of rotatable bonds is 0. The third kappa shape index (κ3) is 1.26. The van der Waals surface area contributed by atoms with Crippen molar-refractivity contribution in [1.82, 2.24) is 4.57 Å². The van der Waals surface area contributed by atoms with Crippen LogP contribution in [0.15, 0.2) is 18.2 Å². The summed E-state index contributed by atoms with van der Waals surface area (Å²) in [6.45, 7) is 0. The van der Waals surface area contributed by atoms with Crippen molar-refractivity contribution in [1.29, 1.82) is 5.26 Å². The van der Waals surface area contributed by atoms with Crippen LogP contribution in [0.2, 0.25) is 10.0 Å². The molecule has 0 saturated heterocycles. The van der Waals surface area contributed by atoms with Crippen LogP contribution in [0.5, 0.6) is 0 Å². The molecule has 2 nitrogen and oxygen atoms in total. The van der Waals surface area contributed by atoms with Gasteiger partial charge < -0.3 is 4.57 Å². The summed E-state index contributed by atoms with van der Waals surface area (Å²) >= 11 is 11.9. The maximum atomic E-state index is 8.83. The van der Waals surface area contributed by atoms with Crippen molar-refractivity contribution in [2.75, 3.05) is 0 Å². The van der Waals surface area contributed by atoms with Crippen LogP contribution in [0.4, 0.5) is 0 Å². The van der Waals surface area contributed by atoms with Gasteiger partial charge >= 0.3 is 0 Å². The Morgan fingerprint density at radius 1 is 1.29 bits per heavy atom. The Bertz CT molecular complexity index is 549. The molecular weight excluding hydrogens is 219 g/mol. The first-order valence-corrected chi connectivity index (χ1v) is 4.73. The van der Waals surface area contributed by atoms with Crippen molar-refractivity contribution in [2.45, 2.75) is 0 Å². The number of nitrogens with zero attached hydrogens (tertiary/aromatic N) is 2. The molecule has 0 fully saturated rings. The largest absolute Gasteiger partial charge is 0.335 e. The van der Waals surface area contributed by atoms with Gasteiger partial charge in [0.2, 0.25) is 0 Å². The first-order valence-electron chi connectivity index (χ1n) is 3.98. The zero-order valence-electron chi connectivity index (χ0n) is 7.38. The highest BCUT2D eigenvalue weighted by molar-refractivity contribution is 6.38. The highest BCUT2D eigenvalue weighted by Crippen LogP contribution is 2.29. The zero-order valence-corrected chi connectivity index (χ0v) is 8.89. The number of hydrogen-bond acceptors (Lipinski definition) is 1. The fourth-order valence-electron chi connectivity index (χ4n) is 1.46. The van der Waals surface area contributed by atoms with Crippen molar-refractivity contribution in [3.05, 3.63) is 33.9 Å². The van der Waals surface area contributed by atoms with Gasteiger partial charge in [0.15, 0.2) is 0 Å². The smallest absolute Gasteiger partial charge is 0.121 e. The average molecular weight is 225 g/mol. The van der Waals surface area contributed by atoms with Gasteiger partial charge in [-0.15, -0.1) is 0 Å². The lowest BCUT2D eigenvalue weighted by molar-refractivity contribution is 0.947. The Kier molecular flexibility index (Phi) is 2.14. The summed E-state index contributed by atoms with van der Waals surface area (Å²) in [4.78, 5) is 0. The van der Waals surface area contributed by atoms with E-state index in [1.165, 1.54) is 0 Å². The highest BCUT2D eigenvalue weighted by Gasteiger charge is 2.08. The molecule has 2 aromatic rings. The van der Waals surface area contributed by atoms with Gasteiger partial charge in [-0.3, -0.25) is 0 Å². The quantitative estimate of drug-likeness (QED) is 0.675. The monoisotopic (exact) mass is 224 g/mol. The molecule has 1 aromatic heterocycles. The summed E-state index contributed by atoms with van der Waals surface area (Å²) in [6, 6.07) is 7.32. The van der Waals surface area contributed by atoms with Crippen LogP contribution in [0.1, 0.15) is 5.69 Å². The molecule has 2 rings (SSSR count). The Morgan fingerprint density at radius 3 is 2.64 bits per heavy atom. The van der Waals surface area contributed by atoms with Crippen molar-refractivity contribution < 1.29 is 0 Å². The van der Waals surface area contributed by atoms with Crippen LogP contribution in [0.25, 0.3) is 10.9 Å². The predicted octanol–water partition coefficient (Wildman–Crippen LogP) is 3.36. The van der Waals surface area contributed by atoms with E-state index in [9.17, 15) is 0 Å². The highest BCUT2D eigenvalue weighted by atomic mass is 35.5. The van der Waals surface area contributed by atoms with E-state index in [4.69, 9.17) is 28.5 Å². The van der Waals surface area contributed by atoms with E-state index in [0.29, 0.717) is 15.7 Å². The summed E-state index contributed by atoms with van der Waals surface area (Å²) in [5.41, 5.74) is 1.45. The molecule has 0 spiro atoms. The summed E-state index contributed by atoms with van der Waals surface area (Å²) in [6.07, 6.45) is 0. The van der Waals surface area contributed by atoms with Crippen molar-refractivity contribution in [3.8, 4) is 6.07 Å². The molecule has 0 bridgehead atoms. The van der Waals surface area contributed by atoms with E-state index in [2.05, 4.69) is 6.07 Å². The number of aromatic nitrogens is 1. The van der Waals surface area contributed by atoms with E-state index >= 15 is 0 Å². The topological polar surface area (TPSA) is 28.7 Å². The Labute approximate surface area is 91.3 Å². The molecule has 4 heteroatoms. The summed E-state index contributed by atoms with van der Waals surface area (Å²) in [7, 11) is 1.81. The predicted molar refractivity (Wildman–Crippen MR) is 57.7 cm³/mol. The molecule has 0 aliphatic heterocycles. The molecular formula is C10H6Cl2N2. The molecule has 0 aliphatic rings. The van der Waals surface area contributed by atoms with E-state index in [1.807, 2.05) is 7.05 Å². The van der Waals surface area contributed by atoms with E-state index < -0.39 is 0 Å². The van der Waals surface area contributed by atoms with Crippen LogP contribution < -0.4 is 0 Å². The minimum absolute atomic E-state index is 0.573. The maximum absolute atomic E-state index is 8.83.